The summed E-state index contributed by atoms with van der Waals surface area (Å²) >= 11 is 0. The minimum absolute atomic E-state index is 0.00877. The number of carboxylic acids is 1. The molecule has 0 aromatic heterocycles. The average Bonchev–Trinajstić information content (AvgIpc) is 2.88. The summed E-state index contributed by atoms with van der Waals surface area (Å²) in [7, 11) is 0. The summed E-state index contributed by atoms with van der Waals surface area (Å²) < 4.78 is 33.3. The molecule has 38 heavy (non-hydrogen) atoms. The van der Waals surface area contributed by atoms with Crippen molar-refractivity contribution in [3.8, 4) is 0 Å². The summed E-state index contributed by atoms with van der Waals surface area (Å²) in [6, 6.07) is 9.13. The smallest absolute Gasteiger partial charge is 0.306 e. The summed E-state index contributed by atoms with van der Waals surface area (Å²) in [5.74, 6) is -3.53. The number of halogens is 2. The third kappa shape index (κ3) is 14.0. The molecule has 212 valence electrons. The Morgan fingerprint density at radius 1 is 1.05 bits per heavy atom. The topological polar surface area (TPSA) is 66.8 Å². The van der Waals surface area contributed by atoms with Crippen molar-refractivity contribution in [1.82, 2.24) is 0 Å². The highest BCUT2D eigenvalue weighted by atomic mass is 19.3. The van der Waals surface area contributed by atoms with Gasteiger partial charge in [-0.1, -0.05) is 82.7 Å². The second-order valence-corrected chi connectivity index (χ2v) is 9.20. The Bertz CT molecular complexity index is 980. The molecule has 1 rings (SSSR count). The van der Waals surface area contributed by atoms with Crippen LogP contribution >= 0.6 is 0 Å². The summed E-state index contributed by atoms with van der Waals surface area (Å²) in [6.45, 7) is 12.3. The molecule has 0 aliphatic carbocycles. The Hall–Kier alpha value is -3.15. The van der Waals surface area contributed by atoms with Crippen molar-refractivity contribution in [2.45, 2.75) is 86.5 Å². The Balaban J connectivity index is 0.00000129. The van der Waals surface area contributed by atoms with Gasteiger partial charge in [-0.25, -0.2) is 8.78 Å². The molecule has 0 aliphatic rings. The van der Waals surface area contributed by atoms with E-state index in [2.05, 4.69) is 0 Å². The number of carbonyl (C=O) groups is 1. The molecule has 0 fully saturated rings. The van der Waals surface area contributed by atoms with Crippen molar-refractivity contribution >= 4 is 11.5 Å². The normalized spacial score (nSPS) is 14.5. The number of aliphatic hydroxyl groups is 1. The van der Waals surface area contributed by atoms with E-state index >= 15 is 0 Å². The van der Waals surface area contributed by atoms with Crippen LogP contribution in [-0.2, 0) is 9.53 Å². The molecule has 0 spiro atoms. The number of ether oxygens (including phenoxy) is 1. The van der Waals surface area contributed by atoms with E-state index < -0.39 is 11.9 Å². The highest BCUT2D eigenvalue weighted by Gasteiger charge is 2.26. The largest absolute Gasteiger partial charge is 0.508 e. The second-order valence-electron chi connectivity index (χ2n) is 9.20. The second kappa shape index (κ2) is 19.0. The average molecular weight is 533 g/mol. The summed E-state index contributed by atoms with van der Waals surface area (Å²) in [5.41, 5.74) is 2.85. The fourth-order valence-electron chi connectivity index (χ4n) is 3.44. The maximum atomic E-state index is 13.9. The van der Waals surface area contributed by atoms with Crippen LogP contribution in [-0.4, -0.2) is 28.7 Å². The monoisotopic (exact) mass is 532 g/mol. The van der Waals surface area contributed by atoms with Crippen LogP contribution in [0.5, 0.6) is 0 Å². The van der Waals surface area contributed by atoms with E-state index in [4.69, 9.17) is 9.84 Å². The van der Waals surface area contributed by atoms with E-state index in [0.717, 1.165) is 49.3 Å². The number of hydrogen-bond donors (Lipinski definition) is 2. The van der Waals surface area contributed by atoms with Gasteiger partial charge in [0.05, 0.1) is 12.2 Å². The summed E-state index contributed by atoms with van der Waals surface area (Å²) in [5, 5.41) is 18.6. The number of carboxylic acid groups (broad SMARTS) is 1. The zero-order valence-electron chi connectivity index (χ0n) is 24.1. The van der Waals surface area contributed by atoms with E-state index in [9.17, 15) is 18.7 Å². The van der Waals surface area contributed by atoms with E-state index in [-0.39, 0.29) is 23.9 Å². The number of aliphatic hydroxyl groups excluding tert-OH is 1. The van der Waals surface area contributed by atoms with Gasteiger partial charge in [-0.3, -0.25) is 4.79 Å². The van der Waals surface area contributed by atoms with Crippen LogP contribution in [0.3, 0.4) is 0 Å². The van der Waals surface area contributed by atoms with Crippen molar-refractivity contribution in [3.05, 3.63) is 88.9 Å². The zero-order valence-corrected chi connectivity index (χ0v) is 24.1. The molecule has 2 N–H and O–H groups in total. The highest BCUT2D eigenvalue weighted by Crippen LogP contribution is 2.32. The molecule has 0 saturated heterocycles. The lowest BCUT2D eigenvalue weighted by molar-refractivity contribution is -0.142. The van der Waals surface area contributed by atoms with E-state index in [1.54, 1.807) is 6.08 Å². The van der Waals surface area contributed by atoms with Crippen LogP contribution in [0.2, 0.25) is 0 Å². The number of benzene rings is 1. The van der Waals surface area contributed by atoms with Gasteiger partial charge in [0.25, 0.3) is 5.92 Å². The van der Waals surface area contributed by atoms with Crippen molar-refractivity contribution in [2.24, 2.45) is 5.92 Å². The number of alkyl halides is 2. The first-order valence-corrected chi connectivity index (χ1v) is 13.3. The van der Waals surface area contributed by atoms with Crippen molar-refractivity contribution in [1.29, 1.82) is 0 Å². The number of hydrogen-bond acceptors (Lipinski definition) is 3. The van der Waals surface area contributed by atoms with Crippen molar-refractivity contribution in [2.75, 3.05) is 6.61 Å². The Morgan fingerprint density at radius 2 is 1.68 bits per heavy atom. The van der Waals surface area contributed by atoms with Gasteiger partial charge in [-0.2, -0.15) is 0 Å². The molecule has 0 aliphatic heterocycles. The molecule has 6 heteroatoms. The molecule has 1 aromatic carbocycles. The van der Waals surface area contributed by atoms with Gasteiger partial charge in [0.2, 0.25) is 0 Å². The van der Waals surface area contributed by atoms with Gasteiger partial charge >= 0.3 is 5.97 Å². The third-order valence-electron chi connectivity index (χ3n) is 5.91. The van der Waals surface area contributed by atoms with Gasteiger partial charge in [0, 0.05) is 18.6 Å². The molecule has 0 saturated carbocycles. The van der Waals surface area contributed by atoms with Gasteiger partial charge in [0.15, 0.2) is 0 Å². The van der Waals surface area contributed by atoms with E-state index in [0.29, 0.717) is 12.0 Å². The van der Waals surface area contributed by atoms with Crippen LogP contribution in [0, 0.1) is 5.92 Å². The first-order chi connectivity index (χ1) is 17.9. The van der Waals surface area contributed by atoms with E-state index in [1.165, 1.54) is 19.3 Å². The molecular weight excluding hydrogens is 486 g/mol. The van der Waals surface area contributed by atoms with Crippen LogP contribution in [0.15, 0.2) is 83.4 Å². The van der Waals surface area contributed by atoms with Gasteiger partial charge < -0.3 is 14.9 Å². The van der Waals surface area contributed by atoms with E-state index in [1.807, 2.05) is 77.1 Å². The minimum atomic E-state index is -2.91. The minimum Gasteiger partial charge on any atom is -0.508 e. The van der Waals surface area contributed by atoms with Gasteiger partial charge in [0.1, 0.15) is 12.4 Å². The Labute approximate surface area is 228 Å². The Morgan fingerprint density at radius 3 is 2.13 bits per heavy atom. The maximum Gasteiger partial charge on any atom is 0.306 e. The highest BCUT2D eigenvalue weighted by molar-refractivity contribution is 5.78. The molecular formula is C32H46F2O4. The Kier molecular flexibility index (Phi) is 17.4. The summed E-state index contributed by atoms with van der Waals surface area (Å²) in [4.78, 5) is 10.3. The number of rotatable bonds is 14. The quantitative estimate of drug-likeness (QED) is 0.185. The number of allylic oxidation sites excluding steroid dienone is 7. The zero-order chi connectivity index (χ0) is 29.1. The number of aliphatic carboxylic acids is 1. The fraction of sp³-hybridized carbons (Fsp3) is 0.469. The predicted octanol–water partition coefficient (Wildman–Crippen LogP) is 9.68. The van der Waals surface area contributed by atoms with Crippen LogP contribution in [0.1, 0.15) is 86.1 Å². The fourth-order valence-corrected chi connectivity index (χ4v) is 3.44. The first kappa shape index (κ1) is 34.9. The summed E-state index contributed by atoms with van der Waals surface area (Å²) in [6.07, 6.45) is 12.7. The molecule has 0 amide bonds. The van der Waals surface area contributed by atoms with Gasteiger partial charge in [-0.15, -0.1) is 0 Å². The lowest BCUT2D eigenvalue weighted by Gasteiger charge is -2.16. The molecule has 0 heterocycles. The molecule has 1 atom stereocenters. The third-order valence-corrected chi connectivity index (χ3v) is 5.91. The van der Waals surface area contributed by atoms with Crippen LogP contribution in [0.4, 0.5) is 8.78 Å². The standard InChI is InChI=1S/C25H32F2O2.C7H14O2/c1-6-8-12-21(7-2)24(28)15-16-29-18-19(3)17-23(20(4)25(5,26)27)22-13-10-9-11-14-22;1-3-5-6(4-2)7(8)9/h8-17,28H,6-7,18H2,1-5H3;6H,3-5H2,1-2H3,(H,8,9)/b12-8-,16-15+,19-17+,23-20-,24-21+;. The van der Waals surface area contributed by atoms with Crippen LogP contribution in [0.25, 0.3) is 5.57 Å². The molecule has 1 aromatic rings. The molecule has 4 nitrogen and oxygen atoms in total. The van der Waals surface area contributed by atoms with Crippen molar-refractivity contribution in [3.63, 3.8) is 0 Å². The van der Waals surface area contributed by atoms with Crippen molar-refractivity contribution < 1.29 is 28.5 Å². The lowest BCUT2D eigenvalue weighted by Crippen LogP contribution is -2.13. The van der Waals surface area contributed by atoms with Gasteiger partial charge in [-0.05, 0) is 61.8 Å². The SMILES string of the molecule is CCCC(CC)C(=O)O.CC\C=C/C(CC)=C(O)\C=C\OC/C(C)=C/C(=C(\C)C(C)(F)F)c1ccccc1. The molecule has 1 unspecified atom stereocenters. The molecule has 0 radical (unpaired) electrons. The first-order valence-electron chi connectivity index (χ1n) is 13.3. The molecule has 0 bridgehead atoms. The van der Waals surface area contributed by atoms with Crippen LogP contribution < -0.4 is 0 Å². The maximum absolute atomic E-state index is 13.9. The predicted molar refractivity (Wildman–Crippen MR) is 154 cm³/mol. The lowest BCUT2D eigenvalue weighted by atomic mass is 9.95.